The van der Waals surface area contributed by atoms with Crippen LogP contribution in [0.5, 0.6) is 5.75 Å². The van der Waals surface area contributed by atoms with E-state index in [1.165, 1.54) is 16.2 Å². The lowest BCUT2D eigenvalue weighted by atomic mass is 9.68. The first-order valence-electron chi connectivity index (χ1n) is 11.9. The summed E-state index contributed by atoms with van der Waals surface area (Å²) in [7, 11) is 1.65. The van der Waals surface area contributed by atoms with Gasteiger partial charge in [-0.25, -0.2) is 0 Å². The number of methoxy groups -OCH3 is 1. The van der Waals surface area contributed by atoms with Gasteiger partial charge in [0.2, 0.25) is 11.8 Å². The van der Waals surface area contributed by atoms with Gasteiger partial charge in [-0.2, -0.15) is 0 Å². The molecular formula is C27H24N2O4S2. The molecule has 3 fully saturated rings. The lowest BCUT2D eigenvalue weighted by molar-refractivity contribution is -0.123. The van der Waals surface area contributed by atoms with E-state index in [1.54, 1.807) is 18.9 Å². The number of nitrogens with zero attached hydrogens (tertiary/aromatic N) is 1. The summed E-state index contributed by atoms with van der Waals surface area (Å²) in [5.74, 6) is 0.598. The molecule has 0 unspecified atom stereocenters. The molecule has 2 saturated carbocycles. The number of carbonyl (C=O) groups excluding carboxylic acids is 2. The van der Waals surface area contributed by atoms with Crippen molar-refractivity contribution in [2.45, 2.75) is 29.5 Å². The van der Waals surface area contributed by atoms with Gasteiger partial charge in [0.05, 0.1) is 29.7 Å². The van der Waals surface area contributed by atoms with Gasteiger partial charge in [0.15, 0.2) is 0 Å². The van der Waals surface area contributed by atoms with Gasteiger partial charge in [-0.05, 0) is 60.9 Å². The van der Waals surface area contributed by atoms with E-state index >= 15 is 0 Å². The van der Waals surface area contributed by atoms with E-state index in [-0.39, 0.29) is 57.4 Å². The first kappa shape index (κ1) is 21.4. The quantitative estimate of drug-likeness (QED) is 0.534. The number of carbonyl (C=O) groups is 2. The molecule has 3 aromatic rings. The minimum Gasteiger partial charge on any atom is -0.497 e. The van der Waals surface area contributed by atoms with Gasteiger partial charge in [-0.3, -0.25) is 19.3 Å². The lowest BCUT2D eigenvalue weighted by Crippen LogP contribution is -2.42. The molecule has 1 aromatic heterocycles. The number of ether oxygens (including phenoxy) is 1. The highest BCUT2D eigenvalue weighted by molar-refractivity contribution is 8.00. The molecule has 7 rings (SSSR count). The Bertz CT molecular complexity index is 1410. The highest BCUT2D eigenvalue weighted by Crippen LogP contribution is 2.68. The molecule has 6 nitrogen and oxygen atoms in total. The lowest BCUT2D eigenvalue weighted by Gasteiger charge is -2.43. The zero-order valence-corrected chi connectivity index (χ0v) is 20.9. The van der Waals surface area contributed by atoms with Crippen molar-refractivity contribution in [2.75, 3.05) is 12.0 Å². The predicted octanol–water partition coefficient (Wildman–Crippen LogP) is 4.43. The highest BCUT2D eigenvalue weighted by atomic mass is 32.2. The van der Waals surface area contributed by atoms with E-state index in [2.05, 4.69) is 17.1 Å². The maximum Gasteiger partial charge on any atom is 0.305 e. The van der Waals surface area contributed by atoms with Crippen LogP contribution in [0, 0.1) is 36.5 Å². The second-order valence-electron chi connectivity index (χ2n) is 10.1. The number of imide groups is 1. The average Bonchev–Trinajstić information content (AvgIpc) is 3.59. The van der Waals surface area contributed by atoms with Crippen LogP contribution in [0.4, 0.5) is 5.69 Å². The number of benzene rings is 2. The number of nitrogens with one attached hydrogen (secondary N) is 1. The summed E-state index contributed by atoms with van der Waals surface area (Å²) in [5, 5.41) is 1.12. The molecule has 2 aliphatic carbocycles. The number of amides is 2. The maximum atomic E-state index is 13.8. The van der Waals surface area contributed by atoms with E-state index in [4.69, 9.17) is 4.74 Å². The smallest absolute Gasteiger partial charge is 0.305 e. The topological polar surface area (TPSA) is 79.5 Å². The zero-order valence-electron chi connectivity index (χ0n) is 19.3. The van der Waals surface area contributed by atoms with Crippen LogP contribution in [0.1, 0.15) is 28.3 Å². The molecule has 0 spiro atoms. The largest absolute Gasteiger partial charge is 0.497 e. The number of aromatic nitrogens is 1. The van der Waals surface area contributed by atoms with E-state index in [0.717, 1.165) is 33.2 Å². The Hall–Kier alpha value is -2.84. The van der Waals surface area contributed by atoms with E-state index in [1.807, 2.05) is 43.3 Å². The van der Waals surface area contributed by atoms with Crippen LogP contribution in [0.2, 0.25) is 0 Å². The van der Waals surface area contributed by atoms with Crippen LogP contribution in [-0.2, 0) is 9.59 Å². The molecule has 1 N–H and O–H groups in total. The molecule has 2 aromatic carbocycles. The van der Waals surface area contributed by atoms with Gasteiger partial charge in [0.1, 0.15) is 5.75 Å². The number of aryl methyl sites for hydroxylation is 1. The van der Waals surface area contributed by atoms with Crippen LogP contribution in [0.25, 0.3) is 0 Å². The molecule has 8 heteroatoms. The fourth-order valence-electron chi connectivity index (χ4n) is 7.15. The fraction of sp³-hybridized carbons (Fsp3) is 0.370. The Morgan fingerprint density at radius 2 is 1.63 bits per heavy atom. The molecule has 1 saturated heterocycles. The molecule has 178 valence electrons. The molecule has 4 aliphatic rings. The number of H-pyrrole nitrogens is 1. The van der Waals surface area contributed by atoms with E-state index in [0.29, 0.717) is 5.69 Å². The minimum absolute atomic E-state index is 0.0263. The Kier molecular flexibility index (Phi) is 4.64. The van der Waals surface area contributed by atoms with Gasteiger partial charge in [0, 0.05) is 16.0 Å². The molecule has 7 atom stereocenters. The van der Waals surface area contributed by atoms with Gasteiger partial charge >= 0.3 is 4.87 Å². The van der Waals surface area contributed by atoms with Crippen molar-refractivity contribution in [1.29, 1.82) is 0 Å². The molecular weight excluding hydrogens is 480 g/mol. The predicted molar refractivity (Wildman–Crippen MR) is 135 cm³/mol. The summed E-state index contributed by atoms with van der Waals surface area (Å²) in [6.07, 6.45) is 0.892. The number of hydrogen-bond donors (Lipinski definition) is 1. The van der Waals surface area contributed by atoms with Gasteiger partial charge < -0.3 is 9.72 Å². The Morgan fingerprint density at radius 1 is 0.943 bits per heavy atom. The standard InChI is InChI=1S/C27H24N2O4S2/c1-12-3-7-14(8-4-12)29-25(30)20-16-11-17(21(20)26(29)31)22-19(16)18(13-5-9-15(33-2)10-6-13)23-24(34-22)28-27(32)35-23/h3-10,16-22H,11H2,1-2H3,(H,28,32)/t16-,17-,18+,19+,20+,21+,22-/m1/s1. The Morgan fingerprint density at radius 3 is 2.31 bits per heavy atom. The average molecular weight is 505 g/mol. The van der Waals surface area contributed by atoms with Gasteiger partial charge in [-0.15, -0.1) is 11.8 Å². The van der Waals surface area contributed by atoms with Crippen LogP contribution in [-0.4, -0.2) is 29.2 Å². The van der Waals surface area contributed by atoms with Crippen molar-refractivity contribution in [3.8, 4) is 5.75 Å². The molecule has 0 radical (unpaired) electrons. The first-order valence-corrected chi connectivity index (χ1v) is 13.6. The Balaban J connectivity index is 1.31. The molecule has 2 bridgehead atoms. The SMILES string of the molecule is COc1ccc([C@@H]2c3sc(=O)[nH]c3S[C@@H]3[C@@H]4C[C@@H]([C@@H]5C(=O)N(c6ccc(C)cc6)C(=O)[C@@H]45)[C@@H]23)cc1. The number of rotatable bonds is 3. The van der Waals surface area contributed by atoms with Crippen LogP contribution < -0.4 is 14.5 Å². The molecule has 35 heavy (non-hydrogen) atoms. The van der Waals surface area contributed by atoms with Gasteiger partial charge in [0.25, 0.3) is 0 Å². The summed E-state index contributed by atoms with van der Waals surface area (Å²) in [4.78, 5) is 45.3. The number of thioether (sulfide) groups is 1. The Labute approximate surface area is 210 Å². The van der Waals surface area contributed by atoms with Crippen molar-refractivity contribution in [3.05, 3.63) is 74.2 Å². The van der Waals surface area contributed by atoms with Crippen molar-refractivity contribution >= 4 is 40.6 Å². The summed E-state index contributed by atoms with van der Waals surface area (Å²) in [6, 6.07) is 15.7. The monoisotopic (exact) mass is 504 g/mol. The van der Waals surface area contributed by atoms with Crippen molar-refractivity contribution < 1.29 is 14.3 Å². The van der Waals surface area contributed by atoms with Crippen LogP contribution in [0.15, 0.2) is 58.4 Å². The molecule has 2 amide bonds. The number of aromatic amines is 1. The van der Waals surface area contributed by atoms with Crippen LogP contribution >= 0.6 is 23.1 Å². The van der Waals surface area contributed by atoms with Crippen molar-refractivity contribution in [3.63, 3.8) is 0 Å². The third-order valence-electron chi connectivity index (χ3n) is 8.49. The molecule has 3 heterocycles. The van der Waals surface area contributed by atoms with Crippen LogP contribution in [0.3, 0.4) is 0 Å². The summed E-state index contributed by atoms with van der Waals surface area (Å²) >= 11 is 3.00. The van der Waals surface area contributed by atoms with Crippen molar-refractivity contribution in [2.24, 2.45) is 29.6 Å². The number of anilines is 1. The zero-order chi connectivity index (χ0) is 24.0. The second kappa shape index (κ2) is 7.58. The maximum absolute atomic E-state index is 13.8. The van der Waals surface area contributed by atoms with Crippen molar-refractivity contribution in [1.82, 2.24) is 4.98 Å². The summed E-state index contributed by atoms with van der Waals surface area (Å²) < 4.78 is 5.36. The first-order chi connectivity index (χ1) is 17.0. The third kappa shape index (κ3) is 2.93. The van der Waals surface area contributed by atoms with E-state index in [9.17, 15) is 14.4 Å². The van der Waals surface area contributed by atoms with Gasteiger partial charge in [-0.1, -0.05) is 41.2 Å². The summed E-state index contributed by atoms with van der Waals surface area (Å²) in [6.45, 7) is 2.00. The number of thiazole rings is 1. The second-order valence-corrected chi connectivity index (χ2v) is 12.3. The summed E-state index contributed by atoms with van der Waals surface area (Å²) in [5.41, 5.74) is 2.90. The normalized spacial score (nSPS) is 32.5. The molecule has 2 aliphatic heterocycles. The number of hydrogen-bond acceptors (Lipinski definition) is 6. The van der Waals surface area contributed by atoms with E-state index < -0.39 is 0 Å². The minimum atomic E-state index is -0.284. The highest BCUT2D eigenvalue weighted by Gasteiger charge is 2.69. The fourth-order valence-corrected chi connectivity index (χ4v) is 10.0. The third-order valence-corrected chi connectivity index (χ3v) is 11.1. The number of fused-ring (bicyclic) bond motifs is 9.